The second kappa shape index (κ2) is 6.38. The van der Waals surface area contributed by atoms with Crippen LogP contribution in [0.15, 0.2) is 30.5 Å². The molecule has 0 saturated heterocycles. The lowest BCUT2D eigenvalue weighted by Gasteiger charge is -2.18. The maximum absolute atomic E-state index is 14.0. The van der Waals surface area contributed by atoms with Gasteiger partial charge in [0.25, 0.3) is 5.69 Å². The number of rotatable bonds is 5. The van der Waals surface area contributed by atoms with Gasteiger partial charge in [-0.05, 0) is 32.0 Å². The van der Waals surface area contributed by atoms with E-state index in [1.165, 1.54) is 19.4 Å². The van der Waals surface area contributed by atoms with Crippen molar-refractivity contribution >= 4 is 11.5 Å². The Kier molecular flexibility index (Phi) is 4.55. The van der Waals surface area contributed by atoms with Crippen LogP contribution in [-0.4, -0.2) is 17.0 Å². The third-order valence-electron chi connectivity index (χ3n) is 3.31. The van der Waals surface area contributed by atoms with Gasteiger partial charge < -0.3 is 10.1 Å². The molecule has 1 unspecified atom stereocenters. The van der Waals surface area contributed by atoms with Crippen LogP contribution in [0.2, 0.25) is 0 Å². The number of pyridine rings is 1. The molecule has 1 heterocycles. The van der Waals surface area contributed by atoms with E-state index in [-0.39, 0.29) is 5.69 Å². The van der Waals surface area contributed by atoms with Crippen LogP contribution in [0.3, 0.4) is 0 Å². The molecule has 0 bridgehead atoms. The summed E-state index contributed by atoms with van der Waals surface area (Å²) in [6, 6.07) is 5.74. The summed E-state index contributed by atoms with van der Waals surface area (Å²) in [6.45, 7) is 3.39. The Labute approximate surface area is 127 Å². The first-order chi connectivity index (χ1) is 10.4. The average Bonchev–Trinajstić information content (AvgIpc) is 2.46. The molecule has 0 saturated carbocycles. The van der Waals surface area contributed by atoms with Gasteiger partial charge in [0.15, 0.2) is 0 Å². The minimum absolute atomic E-state index is 0.0540. The average molecular weight is 305 g/mol. The van der Waals surface area contributed by atoms with Gasteiger partial charge in [0.1, 0.15) is 23.6 Å². The van der Waals surface area contributed by atoms with Crippen molar-refractivity contribution in [3.05, 3.63) is 57.5 Å². The van der Waals surface area contributed by atoms with E-state index < -0.39 is 16.8 Å². The van der Waals surface area contributed by atoms with Crippen LogP contribution in [0.1, 0.15) is 24.1 Å². The molecule has 2 aromatic rings. The van der Waals surface area contributed by atoms with Crippen LogP contribution in [0.5, 0.6) is 5.75 Å². The Balaban J connectivity index is 2.28. The number of hydrogen-bond acceptors (Lipinski definition) is 5. The first kappa shape index (κ1) is 15.7. The first-order valence-corrected chi connectivity index (χ1v) is 6.64. The van der Waals surface area contributed by atoms with Gasteiger partial charge in [0.2, 0.25) is 0 Å². The summed E-state index contributed by atoms with van der Waals surface area (Å²) in [5.74, 6) is 0.470. The molecule has 1 N–H and O–H groups in total. The molecule has 0 fully saturated rings. The lowest BCUT2D eigenvalue weighted by atomic mass is 10.1. The molecule has 22 heavy (non-hydrogen) atoms. The number of anilines is 1. The summed E-state index contributed by atoms with van der Waals surface area (Å²) in [7, 11) is 1.47. The van der Waals surface area contributed by atoms with Crippen molar-refractivity contribution in [1.29, 1.82) is 0 Å². The van der Waals surface area contributed by atoms with Crippen molar-refractivity contribution in [1.82, 2.24) is 4.98 Å². The van der Waals surface area contributed by atoms with Crippen molar-refractivity contribution in [2.75, 3.05) is 12.4 Å². The minimum atomic E-state index is -0.491. The van der Waals surface area contributed by atoms with Crippen LogP contribution in [0.4, 0.5) is 15.9 Å². The summed E-state index contributed by atoms with van der Waals surface area (Å²) in [4.78, 5) is 14.3. The first-order valence-electron chi connectivity index (χ1n) is 6.64. The highest BCUT2D eigenvalue weighted by atomic mass is 19.1. The predicted molar refractivity (Wildman–Crippen MR) is 80.6 cm³/mol. The SMILES string of the molecule is COc1cccc(F)c1C(C)Nc1cc(C)c([N+](=O)[O-])cn1. The molecule has 0 aliphatic carbocycles. The predicted octanol–water partition coefficient (Wildman–Crippen LogP) is 3.62. The Morgan fingerprint density at radius 2 is 2.18 bits per heavy atom. The highest BCUT2D eigenvalue weighted by Gasteiger charge is 2.18. The van der Waals surface area contributed by atoms with Crippen LogP contribution in [-0.2, 0) is 0 Å². The van der Waals surface area contributed by atoms with Crippen LogP contribution in [0.25, 0.3) is 0 Å². The highest BCUT2D eigenvalue weighted by Crippen LogP contribution is 2.30. The van der Waals surface area contributed by atoms with Gasteiger partial charge in [0.05, 0.1) is 23.6 Å². The van der Waals surface area contributed by atoms with E-state index in [9.17, 15) is 14.5 Å². The number of ether oxygens (including phenoxy) is 1. The van der Waals surface area contributed by atoms with E-state index >= 15 is 0 Å². The maximum atomic E-state index is 14.0. The third-order valence-corrected chi connectivity index (χ3v) is 3.31. The summed E-state index contributed by atoms with van der Waals surface area (Å²) in [5.41, 5.74) is 0.805. The Morgan fingerprint density at radius 1 is 1.45 bits per heavy atom. The number of methoxy groups -OCH3 is 1. The van der Waals surface area contributed by atoms with Crippen LogP contribution < -0.4 is 10.1 Å². The Bertz CT molecular complexity index is 706. The van der Waals surface area contributed by atoms with Gasteiger partial charge in [0, 0.05) is 5.56 Å². The molecular formula is C15H16FN3O3. The molecular weight excluding hydrogens is 289 g/mol. The van der Waals surface area contributed by atoms with E-state index in [2.05, 4.69) is 10.3 Å². The molecule has 0 amide bonds. The van der Waals surface area contributed by atoms with Gasteiger partial charge in [-0.3, -0.25) is 10.1 Å². The zero-order valence-electron chi connectivity index (χ0n) is 12.5. The number of aromatic nitrogens is 1. The standard InChI is InChI=1S/C15H16FN3O3/c1-9-7-14(17-8-12(9)19(20)21)18-10(2)15-11(16)5-4-6-13(15)22-3/h4-8,10H,1-3H3,(H,17,18). The summed E-state index contributed by atoms with van der Waals surface area (Å²) < 4.78 is 19.2. The molecule has 6 nitrogen and oxygen atoms in total. The molecule has 116 valence electrons. The Hall–Kier alpha value is -2.70. The third kappa shape index (κ3) is 3.13. The molecule has 0 aliphatic heterocycles. The quantitative estimate of drug-likeness (QED) is 0.674. The van der Waals surface area contributed by atoms with Crippen LogP contribution >= 0.6 is 0 Å². The van der Waals surface area contributed by atoms with E-state index in [0.29, 0.717) is 22.7 Å². The van der Waals surface area contributed by atoms with Crippen LogP contribution in [0, 0.1) is 22.9 Å². The number of nitrogens with one attached hydrogen (secondary N) is 1. The molecule has 0 radical (unpaired) electrons. The second-order valence-corrected chi connectivity index (χ2v) is 4.83. The molecule has 1 aromatic heterocycles. The zero-order chi connectivity index (χ0) is 16.3. The fourth-order valence-corrected chi connectivity index (χ4v) is 2.23. The topological polar surface area (TPSA) is 77.3 Å². The van der Waals surface area contributed by atoms with Crippen molar-refractivity contribution in [2.24, 2.45) is 0 Å². The molecule has 0 aliphatic rings. The Morgan fingerprint density at radius 3 is 2.77 bits per heavy atom. The number of hydrogen-bond donors (Lipinski definition) is 1. The lowest BCUT2D eigenvalue weighted by molar-refractivity contribution is -0.385. The van der Waals surface area contributed by atoms with Gasteiger partial charge in [-0.15, -0.1) is 0 Å². The minimum Gasteiger partial charge on any atom is -0.496 e. The van der Waals surface area contributed by atoms with E-state index in [0.717, 1.165) is 0 Å². The molecule has 1 atom stereocenters. The molecule has 7 heteroatoms. The number of benzene rings is 1. The van der Waals surface area contributed by atoms with Crippen molar-refractivity contribution in [2.45, 2.75) is 19.9 Å². The number of halogens is 1. The second-order valence-electron chi connectivity index (χ2n) is 4.83. The summed E-state index contributed by atoms with van der Waals surface area (Å²) >= 11 is 0. The van der Waals surface area contributed by atoms with Gasteiger partial charge in [-0.25, -0.2) is 9.37 Å². The molecule has 2 rings (SSSR count). The van der Waals surface area contributed by atoms with Crippen molar-refractivity contribution < 1.29 is 14.1 Å². The van der Waals surface area contributed by atoms with Crippen molar-refractivity contribution in [3.8, 4) is 5.75 Å². The maximum Gasteiger partial charge on any atom is 0.290 e. The van der Waals surface area contributed by atoms with Crippen molar-refractivity contribution in [3.63, 3.8) is 0 Å². The molecule has 1 aromatic carbocycles. The number of aryl methyl sites for hydroxylation is 1. The highest BCUT2D eigenvalue weighted by molar-refractivity contribution is 5.49. The van der Waals surface area contributed by atoms with E-state index in [1.54, 1.807) is 32.0 Å². The summed E-state index contributed by atoms with van der Waals surface area (Å²) in [6.07, 6.45) is 1.18. The zero-order valence-corrected chi connectivity index (χ0v) is 12.5. The van der Waals surface area contributed by atoms with Gasteiger partial charge >= 0.3 is 0 Å². The normalized spacial score (nSPS) is 11.8. The largest absolute Gasteiger partial charge is 0.496 e. The fourth-order valence-electron chi connectivity index (χ4n) is 2.23. The van der Waals surface area contributed by atoms with E-state index in [1.807, 2.05) is 0 Å². The number of nitro groups is 1. The molecule has 0 spiro atoms. The van der Waals surface area contributed by atoms with E-state index in [4.69, 9.17) is 4.74 Å². The monoisotopic (exact) mass is 305 g/mol. The number of nitrogens with zero attached hydrogens (tertiary/aromatic N) is 2. The van der Waals surface area contributed by atoms with Gasteiger partial charge in [-0.1, -0.05) is 6.07 Å². The fraction of sp³-hybridized carbons (Fsp3) is 0.267. The summed E-state index contributed by atoms with van der Waals surface area (Å²) in [5, 5.41) is 13.8. The lowest BCUT2D eigenvalue weighted by Crippen LogP contribution is -2.11. The smallest absolute Gasteiger partial charge is 0.290 e. The van der Waals surface area contributed by atoms with Gasteiger partial charge in [-0.2, -0.15) is 0 Å².